The Morgan fingerprint density at radius 2 is 1.89 bits per heavy atom. The zero-order chi connectivity index (χ0) is 19.9. The minimum absolute atomic E-state index is 0.357. The summed E-state index contributed by atoms with van der Waals surface area (Å²) in [5.74, 6) is 2.44. The van der Waals surface area contributed by atoms with Crippen LogP contribution in [0.5, 0.6) is 5.75 Å². The van der Waals surface area contributed by atoms with Crippen molar-refractivity contribution < 1.29 is 4.74 Å². The van der Waals surface area contributed by atoms with Gasteiger partial charge in [-0.05, 0) is 93.7 Å². The van der Waals surface area contributed by atoms with Gasteiger partial charge in [0.15, 0.2) is 0 Å². The average Bonchev–Trinajstić information content (AvgIpc) is 2.68. The van der Waals surface area contributed by atoms with Crippen molar-refractivity contribution in [2.24, 2.45) is 11.8 Å². The Bertz CT molecular complexity index is 715. The van der Waals surface area contributed by atoms with E-state index in [-0.39, 0.29) is 0 Å². The number of benzene rings is 1. The average molecular weight is 381 g/mol. The Labute approximate surface area is 171 Å². The summed E-state index contributed by atoms with van der Waals surface area (Å²) < 4.78 is 6.34. The van der Waals surface area contributed by atoms with Gasteiger partial charge in [0.2, 0.25) is 0 Å². The first-order chi connectivity index (χ1) is 13.5. The highest BCUT2D eigenvalue weighted by molar-refractivity contribution is 5.27. The van der Waals surface area contributed by atoms with Gasteiger partial charge in [0.25, 0.3) is 0 Å². The molecule has 0 aliphatic heterocycles. The number of pyridine rings is 1. The molecule has 1 aromatic heterocycles. The fraction of sp³-hybridized carbons (Fsp3) is 0.560. The van der Waals surface area contributed by atoms with Crippen LogP contribution in [-0.2, 0) is 6.54 Å². The molecule has 0 radical (unpaired) electrons. The van der Waals surface area contributed by atoms with Crippen LogP contribution in [0.1, 0.15) is 57.6 Å². The van der Waals surface area contributed by atoms with E-state index in [4.69, 9.17) is 4.74 Å². The van der Waals surface area contributed by atoms with Crippen LogP contribution in [0.25, 0.3) is 0 Å². The number of aromatic nitrogens is 1. The Balaban J connectivity index is 1.56. The standard InChI is InChI=1S/C25H36N2O/c1-19(2)27(18-22-11-13-26-14-12-22)17-21(4)23-8-6-10-25(16-23)28-24-9-5-7-20(3)15-24/h5,7,9,11-15,19,21,23,25H,6,8,10,16-18H2,1-4H3/t21?,23?,25-/m1/s1. The predicted octanol–water partition coefficient (Wildman–Crippen LogP) is 5.87. The molecule has 1 aliphatic rings. The monoisotopic (exact) mass is 380 g/mol. The van der Waals surface area contributed by atoms with Crippen LogP contribution in [0.3, 0.4) is 0 Å². The fourth-order valence-electron chi connectivity index (χ4n) is 4.39. The lowest BCUT2D eigenvalue weighted by molar-refractivity contribution is 0.0808. The molecule has 3 heteroatoms. The first-order valence-electron chi connectivity index (χ1n) is 10.9. The molecule has 0 N–H and O–H groups in total. The minimum Gasteiger partial charge on any atom is -0.490 e. The van der Waals surface area contributed by atoms with E-state index in [1.54, 1.807) is 0 Å². The van der Waals surface area contributed by atoms with Gasteiger partial charge in [-0.1, -0.05) is 19.1 Å². The molecule has 1 saturated carbocycles. The first kappa shape index (κ1) is 20.9. The summed E-state index contributed by atoms with van der Waals surface area (Å²) in [6.45, 7) is 11.3. The van der Waals surface area contributed by atoms with E-state index in [1.165, 1.54) is 36.8 Å². The lowest BCUT2D eigenvalue weighted by atomic mass is 9.79. The smallest absolute Gasteiger partial charge is 0.119 e. The van der Waals surface area contributed by atoms with E-state index in [0.29, 0.717) is 18.1 Å². The van der Waals surface area contributed by atoms with Gasteiger partial charge in [0.05, 0.1) is 6.10 Å². The van der Waals surface area contributed by atoms with Crippen LogP contribution >= 0.6 is 0 Å². The Morgan fingerprint density at radius 1 is 1.11 bits per heavy atom. The zero-order valence-electron chi connectivity index (χ0n) is 18.0. The molecule has 1 heterocycles. The van der Waals surface area contributed by atoms with E-state index in [1.807, 2.05) is 12.4 Å². The van der Waals surface area contributed by atoms with Crippen molar-refractivity contribution in [2.45, 2.75) is 72.1 Å². The Hall–Kier alpha value is -1.87. The largest absolute Gasteiger partial charge is 0.490 e. The molecule has 28 heavy (non-hydrogen) atoms. The second-order valence-corrected chi connectivity index (χ2v) is 8.84. The molecule has 0 saturated heterocycles. The third-order valence-corrected chi connectivity index (χ3v) is 6.15. The van der Waals surface area contributed by atoms with Crippen molar-refractivity contribution in [3.05, 3.63) is 59.9 Å². The van der Waals surface area contributed by atoms with Crippen LogP contribution in [0.4, 0.5) is 0 Å². The summed E-state index contributed by atoms with van der Waals surface area (Å²) in [7, 11) is 0. The van der Waals surface area contributed by atoms with Crippen LogP contribution in [0, 0.1) is 18.8 Å². The normalized spacial score (nSPS) is 21.1. The highest BCUT2D eigenvalue weighted by atomic mass is 16.5. The summed E-state index contributed by atoms with van der Waals surface area (Å²) in [5.41, 5.74) is 2.61. The predicted molar refractivity (Wildman–Crippen MR) is 117 cm³/mol. The lowest BCUT2D eigenvalue weighted by Crippen LogP contribution is -2.38. The van der Waals surface area contributed by atoms with Gasteiger partial charge in [0, 0.05) is 31.5 Å². The summed E-state index contributed by atoms with van der Waals surface area (Å²) in [5, 5.41) is 0. The van der Waals surface area contributed by atoms with E-state index in [2.05, 4.69) is 74.0 Å². The molecule has 2 unspecified atom stereocenters. The number of aryl methyl sites for hydroxylation is 1. The third-order valence-electron chi connectivity index (χ3n) is 6.15. The second-order valence-electron chi connectivity index (χ2n) is 8.84. The molecular weight excluding hydrogens is 344 g/mol. The molecule has 0 bridgehead atoms. The van der Waals surface area contributed by atoms with Gasteiger partial charge >= 0.3 is 0 Å². The summed E-state index contributed by atoms with van der Waals surface area (Å²) in [4.78, 5) is 6.75. The number of hydrogen-bond donors (Lipinski definition) is 0. The molecule has 1 aromatic carbocycles. The second kappa shape index (κ2) is 10.1. The van der Waals surface area contributed by atoms with Gasteiger partial charge in [-0.2, -0.15) is 0 Å². The van der Waals surface area contributed by atoms with E-state index in [9.17, 15) is 0 Å². The van der Waals surface area contributed by atoms with Crippen molar-refractivity contribution >= 4 is 0 Å². The van der Waals surface area contributed by atoms with E-state index >= 15 is 0 Å². The van der Waals surface area contributed by atoms with E-state index in [0.717, 1.165) is 24.8 Å². The summed E-state index contributed by atoms with van der Waals surface area (Å²) >= 11 is 0. The van der Waals surface area contributed by atoms with Gasteiger partial charge in [-0.15, -0.1) is 0 Å². The zero-order valence-corrected chi connectivity index (χ0v) is 18.0. The fourth-order valence-corrected chi connectivity index (χ4v) is 4.39. The van der Waals surface area contributed by atoms with Crippen LogP contribution in [-0.4, -0.2) is 28.6 Å². The third kappa shape index (κ3) is 6.07. The highest BCUT2D eigenvalue weighted by Gasteiger charge is 2.29. The molecule has 0 amide bonds. The Kier molecular flexibility index (Phi) is 7.50. The Morgan fingerprint density at radius 3 is 2.61 bits per heavy atom. The number of nitrogens with zero attached hydrogens (tertiary/aromatic N) is 2. The maximum Gasteiger partial charge on any atom is 0.119 e. The minimum atomic E-state index is 0.357. The van der Waals surface area contributed by atoms with Gasteiger partial charge in [0.1, 0.15) is 5.75 Å². The molecule has 2 aromatic rings. The lowest BCUT2D eigenvalue weighted by Gasteiger charge is -2.37. The summed E-state index contributed by atoms with van der Waals surface area (Å²) in [6.07, 6.45) is 9.11. The van der Waals surface area contributed by atoms with Crippen LogP contribution < -0.4 is 4.74 Å². The molecular formula is C25H36N2O. The topological polar surface area (TPSA) is 25.4 Å². The van der Waals surface area contributed by atoms with Crippen molar-refractivity contribution in [2.75, 3.05) is 6.54 Å². The van der Waals surface area contributed by atoms with Crippen molar-refractivity contribution in [1.82, 2.24) is 9.88 Å². The van der Waals surface area contributed by atoms with Crippen molar-refractivity contribution in [3.8, 4) is 5.75 Å². The molecule has 0 spiro atoms. The summed E-state index contributed by atoms with van der Waals surface area (Å²) in [6, 6.07) is 13.3. The maximum absolute atomic E-state index is 6.34. The van der Waals surface area contributed by atoms with Crippen LogP contribution in [0.2, 0.25) is 0 Å². The maximum atomic E-state index is 6.34. The van der Waals surface area contributed by atoms with Gasteiger partial charge < -0.3 is 4.74 Å². The molecule has 3 nitrogen and oxygen atoms in total. The van der Waals surface area contributed by atoms with E-state index < -0.39 is 0 Å². The molecule has 1 aliphatic carbocycles. The SMILES string of the molecule is Cc1cccc(O[C@@H]2CCCC(C(C)CN(Cc3ccncc3)C(C)C)C2)c1. The van der Waals surface area contributed by atoms with Crippen LogP contribution in [0.15, 0.2) is 48.8 Å². The number of hydrogen-bond acceptors (Lipinski definition) is 3. The molecule has 3 rings (SSSR count). The molecule has 3 atom stereocenters. The van der Waals surface area contributed by atoms with Gasteiger partial charge in [-0.25, -0.2) is 0 Å². The van der Waals surface area contributed by atoms with Crippen molar-refractivity contribution in [3.63, 3.8) is 0 Å². The quantitative estimate of drug-likeness (QED) is 0.572. The number of rotatable bonds is 8. The highest BCUT2D eigenvalue weighted by Crippen LogP contribution is 2.33. The first-order valence-corrected chi connectivity index (χ1v) is 10.9. The van der Waals surface area contributed by atoms with Crippen molar-refractivity contribution in [1.29, 1.82) is 0 Å². The molecule has 152 valence electrons. The van der Waals surface area contributed by atoms with Gasteiger partial charge in [-0.3, -0.25) is 9.88 Å². The molecule has 1 fully saturated rings. The number of ether oxygens (including phenoxy) is 1.